The zero-order chi connectivity index (χ0) is 14.0. The van der Waals surface area contributed by atoms with Gasteiger partial charge in [-0.3, -0.25) is 9.59 Å². The van der Waals surface area contributed by atoms with E-state index in [1.165, 1.54) is 17.3 Å². The van der Waals surface area contributed by atoms with Gasteiger partial charge in [-0.05, 0) is 26.7 Å². The fourth-order valence-electron chi connectivity index (χ4n) is 2.40. The first kappa shape index (κ1) is 13.5. The molecule has 1 aromatic heterocycles. The van der Waals surface area contributed by atoms with Gasteiger partial charge in [-0.1, -0.05) is 0 Å². The van der Waals surface area contributed by atoms with Crippen LogP contribution in [-0.2, 0) is 9.59 Å². The Balaban J connectivity index is 2.09. The third-order valence-corrected chi connectivity index (χ3v) is 3.72. The highest BCUT2D eigenvalue weighted by molar-refractivity contribution is 5.82. The van der Waals surface area contributed by atoms with E-state index in [2.05, 4.69) is 10.1 Å². The summed E-state index contributed by atoms with van der Waals surface area (Å²) in [5.41, 5.74) is -0.851. The maximum atomic E-state index is 12.4. The number of carbonyl (C=O) groups excluding carboxylic acids is 1. The topological polar surface area (TPSA) is 88.3 Å². The minimum Gasteiger partial charge on any atom is -0.481 e. The van der Waals surface area contributed by atoms with Crippen LogP contribution in [-0.4, -0.2) is 49.7 Å². The van der Waals surface area contributed by atoms with Gasteiger partial charge in [-0.25, -0.2) is 9.67 Å². The van der Waals surface area contributed by atoms with Gasteiger partial charge in [-0.15, -0.1) is 0 Å². The maximum absolute atomic E-state index is 12.4. The van der Waals surface area contributed by atoms with Crippen LogP contribution in [0, 0.1) is 5.41 Å². The van der Waals surface area contributed by atoms with Crippen LogP contribution >= 0.6 is 0 Å². The van der Waals surface area contributed by atoms with E-state index in [0.29, 0.717) is 19.4 Å². The lowest BCUT2D eigenvalue weighted by atomic mass is 9.82. The number of amides is 1. The number of likely N-dealkylation sites (tertiary alicyclic amines) is 1. The molecule has 0 aliphatic carbocycles. The van der Waals surface area contributed by atoms with Gasteiger partial charge >= 0.3 is 5.97 Å². The number of piperidine rings is 1. The molecule has 7 heteroatoms. The van der Waals surface area contributed by atoms with Crippen LogP contribution in [0.3, 0.4) is 0 Å². The molecule has 0 saturated carbocycles. The normalized spacial score (nSPS) is 25.1. The van der Waals surface area contributed by atoms with Gasteiger partial charge in [0.1, 0.15) is 18.7 Å². The zero-order valence-electron chi connectivity index (χ0n) is 11.1. The van der Waals surface area contributed by atoms with Crippen molar-refractivity contribution in [2.75, 3.05) is 13.1 Å². The quantitative estimate of drug-likeness (QED) is 0.863. The highest BCUT2D eigenvalue weighted by atomic mass is 16.4. The Morgan fingerprint density at radius 1 is 1.47 bits per heavy atom. The van der Waals surface area contributed by atoms with Crippen molar-refractivity contribution in [3.8, 4) is 0 Å². The molecule has 1 N–H and O–H groups in total. The average Bonchev–Trinajstić information content (AvgIpc) is 2.90. The summed E-state index contributed by atoms with van der Waals surface area (Å²) in [6, 6.07) is -0.460. The fourth-order valence-corrected chi connectivity index (χ4v) is 2.40. The summed E-state index contributed by atoms with van der Waals surface area (Å²) in [7, 11) is 0. The second-order valence-electron chi connectivity index (χ2n) is 5.28. The van der Waals surface area contributed by atoms with Crippen LogP contribution in [0.1, 0.15) is 32.7 Å². The molecule has 7 nitrogen and oxygen atoms in total. The van der Waals surface area contributed by atoms with Crippen LogP contribution in [0.25, 0.3) is 0 Å². The molecular formula is C12H18N4O3. The van der Waals surface area contributed by atoms with E-state index < -0.39 is 17.4 Å². The lowest BCUT2D eigenvalue weighted by Gasteiger charge is -2.38. The van der Waals surface area contributed by atoms with Crippen molar-refractivity contribution in [2.45, 2.75) is 32.7 Å². The molecule has 1 aliphatic heterocycles. The molecule has 0 aromatic carbocycles. The van der Waals surface area contributed by atoms with Crippen molar-refractivity contribution < 1.29 is 14.7 Å². The lowest BCUT2D eigenvalue weighted by molar-refractivity contribution is -0.154. The number of aliphatic carboxylic acids is 1. The minimum atomic E-state index is -0.851. The molecule has 2 rings (SSSR count). The molecule has 1 amide bonds. The number of hydrogen-bond acceptors (Lipinski definition) is 4. The smallest absolute Gasteiger partial charge is 0.311 e. The third kappa shape index (κ3) is 2.59. The first-order valence-corrected chi connectivity index (χ1v) is 6.30. The molecule has 2 atom stereocenters. The van der Waals surface area contributed by atoms with E-state index in [4.69, 9.17) is 0 Å². The monoisotopic (exact) mass is 266 g/mol. The second kappa shape index (κ2) is 4.99. The van der Waals surface area contributed by atoms with Crippen LogP contribution in [0.4, 0.5) is 0 Å². The van der Waals surface area contributed by atoms with Crippen molar-refractivity contribution in [3.05, 3.63) is 12.7 Å². The molecule has 2 unspecified atom stereocenters. The Morgan fingerprint density at radius 3 is 2.79 bits per heavy atom. The number of carboxylic acids is 1. The number of rotatable bonds is 3. The Morgan fingerprint density at radius 2 is 2.21 bits per heavy atom. The van der Waals surface area contributed by atoms with Crippen molar-refractivity contribution in [1.82, 2.24) is 19.7 Å². The summed E-state index contributed by atoms with van der Waals surface area (Å²) in [5.74, 6) is -0.962. The Kier molecular flexibility index (Phi) is 3.55. The summed E-state index contributed by atoms with van der Waals surface area (Å²) < 4.78 is 1.48. The van der Waals surface area contributed by atoms with Gasteiger partial charge in [0.05, 0.1) is 5.41 Å². The molecule has 0 spiro atoms. The predicted molar refractivity (Wildman–Crippen MR) is 66.3 cm³/mol. The Labute approximate surface area is 111 Å². The lowest BCUT2D eigenvalue weighted by Crippen LogP contribution is -2.50. The van der Waals surface area contributed by atoms with Gasteiger partial charge < -0.3 is 10.0 Å². The largest absolute Gasteiger partial charge is 0.481 e. The van der Waals surface area contributed by atoms with Crippen LogP contribution in [0.15, 0.2) is 12.7 Å². The standard InChI is InChI=1S/C12H18N4O3/c1-9(16-8-13-7-14-16)10(17)15-5-3-4-12(2,6-15)11(18)19/h7-9H,3-6H2,1-2H3,(H,18,19). The third-order valence-electron chi connectivity index (χ3n) is 3.72. The van der Waals surface area contributed by atoms with E-state index in [0.717, 1.165) is 0 Å². The first-order chi connectivity index (χ1) is 8.94. The summed E-state index contributed by atoms with van der Waals surface area (Å²) in [6.45, 7) is 4.28. The molecule has 19 heavy (non-hydrogen) atoms. The van der Waals surface area contributed by atoms with Crippen LogP contribution in [0.5, 0.6) is 0 Å². The van der Waals surface area contributed by atoms with Crippen LogP contribution in [0.2, 0.25) is 0 Å². The highest BCUT2D eigenvalue weighted by Gasteiger charge is 2.40. The molecular weight excluding hydrogens is 248 g/mol. The molecule has 1 saturated heterocycles. The molecule has 1 aromatic rings. The van der Waals surface area contributed by atoms with Crippen molar-refractivity contribution in [3.63, 3.8) is 0 Å². The van der Waals surface area contributed by atoms with E-state index >= 15 is 0 Å². The van der Waals surface area contributed by atoms with Crippen molar-refractivity contribution >= 4 is 11.9 Å². The van der Waals surface area contributed by atoms with Gasteiger partial charge in [-0.2, -0.15) is 5.10 Å². The van der Waals surface area contributed by atoms with Gasteiger partial charge in [0.25, 0.3) is 0 Å². The molecule has 0 radical (unpaired) electrons. The van der Waals surface area contributed by atoms with Crippen molar-refractivity contribution in [2.24, 2.45) is 5.41 Å². The summed E-state index contributed by atoms with van der Waals surface area (Å²) in [5, 5.41) is 13.2. The van der Waals surface area contributed by atoms with Gasteiger partial charge in [0.15, 0.2) is 0 Å². The first-order valence-electron chi connectivity index (χ1n) is 6.30. The maximum Gasteiger partial charge on any atom is 0.311 e. The zero-order valence-corrected chi connectivity index (χ0v) is 11.1. The van der Waals surface area contributed by atoms with E-state index in [1.54, 1.807) is 18.7 Å². The number of aromatic nitrogens is 3. The number of carbonyl (C=O) groups is 2. The SMILES string of the molecule is CC(C(=O)N1CCCC(C)(C(=O)O)C1)n1cncn1. The molecule has 1 fully saturated rings. The van der Waals surface area contributed by atoms with E-state index in [1.807, 2.05) is 0 Å². The molecule has 104 valence electrons. The summed E-state index contributed by atoms with van der Waals surface area (Å²) >= 11 is 0. The number of hydrogen-bond donors (Lipinski definition) is 1. The van der Waals surface area contributed by atoms with Crippen molar-refractivity contribution in [1.29, 1.82) is 0 Å². The second-order valence-corrected chi connectivity index (χ2v) is 5.28. The molecule has 0 bridgehead atoms. The van der Waals surface area contributed by atoms with Gasteiger partial charge in [0, 0.05) is 13.1 Å². The van der Waals surface area contributed by atoms with Gasteiger partial charge in [0.2, 0.25) is 5.91 Å². The minimum absolute atomic E-state index is 0.113. The molecule has 1 aliphatic rings. The average molecular weight is 266 g/mol. The summed E-state index contributed by atoms with van der Waals surface area (Å²) in [6.07, 6.45) is 4.17. The Hall–Kier alpha value is -1.92. The number of carboxylic acid groups (broad SMARTS) is 1. The van der Waals surface area contributed by atoms with E-state index in [-0.39, 0.29) is 12.5 Å². The molecule has 2 heterocycles. The highest BCUT2D eigenvalue weighted by Crippen LogP contribution is 2.30. The predicted octanol–water partition coefficient (Wildman–Crippen LogP) is 0.552. The summed E-state index contributed by atoms with van der Waals surface area (Å²) in [4.78, 5) is 29.1. The van der Waals surface area contributed by atoms with E-state index in [9.17, 15) is 14.7 Å². The van der Waals surface area contributed by atoms with Crippen LogP contribution < -0.4 is 0 Å². The fraction of sp³-hybridized carbons (Fsp3) is 0.667. The Bertz CT molecular complexity index is 473. The number of nitrogens with zero attached hydrogens (tertiary/aromatic N) is 4.